The molecule has 4 nitrogen and oxygen atoms in total. The highest BCUT2D eigenvalue weighted by atomic mass is 16.7. The molecule has 0 amide bonds. The first-order valence-electron chi connectivity index (χ1n) is 12.0. The summed E-state index contributed by atoms with van der Waals surface area (Å²) in [6.07, 6.45) is 17.6. The second-order valence-corrected chi connectivity index (χ2v) is 10.3. The lowest BCUT2D eigenvalue weighted by atomic mass is 9.60. The maximum atomic E-state index is 12.4. The van der Waals surface area contributed by atoms with Crippen molar-refractivity contribution in [1.82, 2.24) is 0 Å². The summed E-state index contributed by atoms with van der Waals surface area (Å²) in [6, 6.07) is 0. The van der Waals surface area contributed by atoms with E-state index in [0.717, 1.165) is 32.1 Å². The van der Waals surface area contributed by atoms with Crippen molar-refractivity contribution in [3.63, 3.8) is 0 Å². The Morgan fingerprint density at radius 3 is 2.73 bits per heavy atom. The molecule has 5 rings (SSSR count). The molecule has 0 bridgehead atoms. The Morgan fingerprint density at radius 2 is 1.90 bits per heavy atom. The molecule has 0 aromatic carbocycles. The Hall–Kier alpha value is -1.84. The van der Waals surface area contributed by atoms with Crippen LogP contribution in [0.5, 0.6) is 0 Å². The van der Waals surface area contributed by atoms with Crippen molar-refractivity contribution in [2.45, 2.75) is 83.7 Å². The number of allylic oxidation sites excluding steroid dienone is 5. The first-order chi connectivity index (χ1) is 14.5. The Kier molecular flexibility index (Phi) is 5.37. The average Bonchev–Trinajstić information content (AvgIpc) is 3.09. The molecule has 0 saturated heterocycles. The fourth-order valence-corrected chi connectivity index (χ4v) is 6.85. The number of hydrogen-bond donors (Lipinski definition) is 0. The van der Waals surface area contributed by atoms with Crippen LogP contribution in [0.15, 0.2) is 34.9 Å². The van der Waals surface area contributed by atoms with Crippen LogP contribution in [-0.4, -0.2) is 24.6 Å². The molecular weight excluding hydrogens is 376 g/mol. The summed E-state index contributed by atoms with van der Waals surface area (Å²) >= 11 is 0. The lowest BCUT2D eigenvalue weighted by Gasteiger charge is -2.45. The minimum Gasteiger partial charge on any atom is -0.434 e. The predicted molar refractivity (Wildman–Crippen MR) is 115 cm³/mol. The van der Waals surface area contributed by atoms with E-state index in [1.54, 1.807) is 0 Å². The predicted octanol–water partition coefficient (Wildman–Crippen LogP) is 6.07. The fourth-order valence-electron chi connectivity index (χ4n) is 6.85. The summed E-state index contributed by atoms with van der Waals surface area (Å²) in [5.74, 6) is 1.81. The van der Waals surface area contributed by atoms with E-state index in [9.17, 15) is 9.59 Å². The third-order valence-corrected chi connectivity index (χ3v) is 8.56. The van der Waals surface area contributed by atoms with Gasteiger partial charge in [-0.25, -0.2) is 4.79 Å². The summed E-state index contributed by atoms with van der Waals surface area (Å²) in [6.45, 7) is 2.77. The topological polar surface area (TPSA) is 52.6 Å². The maximum absolute atomic E-state index is 12.4. The van der Waals surface area contributed by atoms with E-state index in [1.165, 1.54) is 48.8 Å². The zero-order chi connectivity index (χ0) is 20.7. The van der Waals surface area contributed by atoms with Crippen LogP contribution in [0, 0.1) is 23.2 Å². The molecule has 0 unspecified atom stereocenters. The Morgan fingerprint density at radius 1 is 1.07 bits per heavy atom. The molecule has 0 N–H and O–H groups in total. The van der Waals surface area contributed by atoms with Gasteiger partial charge in [0, 0.05) is 11.8 Å². The number of fused-ring (bicyclic) bond motifs is 4. The van der Waals surface area contributed by atoms with Crippen LogP contribution in [0.3, 0.4) is 0 Å². The number of ketones is 1. The third-order valence-electron chi connectivity index (χ3n) is 8.56. The largest absolute Gasteiger partial charge is 0.508 e. The minimum absolute atomic E-state index is 0.103. The Labute approximate surface area is 179 Å². The van der Waals surface area contributed by atoms with Gasteiger partial charge in [-0.2, -0.15) is 0 Å². The quantitative estimate of drug-likeness (QED) is 0.530. The molecule has 4 atom stereocenters. The molecule has 0 spiro atoms. The monoisotopic (exact) mass is 410 g/mol. The van der Waals surface area contributed by atoms with E-state index < -0.39 is 6.16 Å². The van der Waals surface area contributed by atoms with E-state index >= 15 is 0 Å². The molecule has 30 heavy (non-hydrogen) atoms. The Bertz CT molecular complexity index is 813. The lowest BCUT2D eigenvalue weighted by molar-refractivity contribution is -0.114. The average molecular weight is 411 g/mol. The van der Waals surface area contributed by atoms with Crippen molar-refractivity contribution < 1.29 is 19.1 Å². The van der Waals surface area contributed by atoms with Crippen molar-refractivity contribution in [1.29, 1.82) is 0 Å². The SMILES string of the molecule is C[C@]12C=CC3=C4CCC(=O)C=C4CC[C@@H]3[C@H]1CC[C@@H]2OC(=O)OCC1CCCCC1. The first-order valence-corrected chi connectivity index (χ1v) is 12.0. The van der Waals surface area contributed by atoms with Crippen LogP contribution in [-0.2, 0) is 14.3 Å². The number of carbonyl (C=O) groups excluding carboxylic acids is 2. The highest BCUT2D eigenvalue weighted by Gasteiger charge is 2.53. The van der Waals surface area contributed by atoms with Gasteiger partial charge in [-0.3, -0.25) is 4.79 Å². The van der Waals surface area contributed by atoms with E-state index in [0.29, 0.717) is 30.8 Å². The normalized spacial score (nSPS) is 36.0. The van der Waals surface area contributed by atoms with Crippen molar-refractivity contribution in [3.05, 3.63) is 34.9 Å². The van der Waals surface area contributed by atoms with Crippen LogP contribution in [0.4, 0.5) is 4.79 Å². The molecule has 4 heteroatoms. The number of rotatable bonds is 3. The molecule has 0 aliphatic heterocycles. The van der Waals surface area contributed by atoms with Crippen molar-refractivity contribution in [3.8, 4) is 0 Å². The van der Waals surface area contributed by atoms with Gasteiger partial charge in [0.2, 0.25) is 0 Å². The summed E-state index contributed by atoms with van der Waals surface area (Å²) < 4.78 is 11.4. The summed E-state index contributed by atoms with van der Waals surface area (Å²) in [5.41, 5.74) is 4.01. The number of ether oxygens (including phenoxy) is 2. The molecule has 0 aromatic rings. The van der Waals surface area contributed by atoms with Crippen LogP contribution in [0.1, 0.15) is 77.6 Å². The van der Waals surface area contributed by atoms with Gasteiger partial charge < -0.3 is 9.47 Å². The second kappa shape index (κ2) is 8.01. The molecule has 0 heterocycles. The zero-order valence-electron chi connectivity index (χ0n) is 18.2. The standard InChI is InChI=1S/C26H34O4/c1-26-14-13-21-20-10-8-19(27)15-18(20)7-9-22(21)23(26)11-12-24(26)30-25(28)29-16-17-5-3-2-4-6-17/h13-15,17,22-24H,2-12,16H2,1H3/t22-,23+,24-,26-/m0/s1. The van der Waals surface area contributed by atoms with Crippen molar-refractivity contribution in [2.75, 3.05) is 6.61 Å². The maximum Gasteiger partial charge on any atom is 0.508 e. The van der Waals surface area contributed by atoms with E-state index in [1.807, 2.05) is 6.08 Å². The van der Waals surface area contributed by atoms with Gasteiger partial charge in [0.15, 0.2) is 5.78 Å². The number of carbonyl (C=O) groups is 2. The van der Waals surface area contributed by atoms with Gasteiger partial charge >= 0.3 is 6.16 Å². The smallest absolute Gasteiger partial charge is 0.434 e. The molecule has 0 aromatic heterocycles. The van der Waals surface area contributed by atoms with E-state index in [2.05, 4.69) is 19.1 Å². The van der Waals surface area contributed by atoms with Crippen LogP contribution < -0.4 is 0 Å². The highest BCUT2D eigenvalue weighted by molar-refractivity contribution is 5.93. The van der Waals surface area contributed by atoms with Crippen LogP contribution in [0.2, 0.25) is 0 Å². The van der Waals surface area contributed by atoms with Gasteiger partial charge in [-0.1, -0.05) is 38.3 Å². The molecule has 162 valence electrons. The first kappa shape index (κ1) is 20.1. The van der Waals surface area contributed by atoms with E-state index in [4.69, 9.17) is 9.47 Å². The van der Waals surface area contributed by atoms with Crippen molar-refractivity contribution in [2.24, 2.45) is 23.2 Å². The summed E-state index contributed by atoms with van der Waals surface area (Å²) in [5, 5.41) is 0. The van der Waals surface area contributed by atoms with Gasteiger partial charge in [-0.05, 0) is 85.5 Å². The van der Waals surface area contributed by atoms with Gasteiger partial charge in [-0.15, -0.1) is 0 Å². The van der Waals surface area contributed by atoms with Crippen LogP contribution in [0.25, 0.3) is 0 Å². The third kappa shape index (κ3) is 3.56. The summed E-state index contributed by atoms with van der Waals surface area (Å²) in [7, 11) is 0. The molecule has 5 aliphatic rings. The number of hydrogen-bond acceptors (Lipinski definition) is 4. The van der Waals surface area contributed by atoms with Crippen molar-refractivity contribution >= 4 is 11.9 Å². The lowest BCUT2D eigenvalue weighted by Crippen LogP contribution is -2.41. The van der Waals surface area contributed by atoms with Gasteiger partial charge in [0.25, 0.3) is 0 Å². The van der Waals surface area contributed by atoms with Gasteiger partial charge in [0.1, 0.15) is 6.10 Å². The van der Waals surface area contributed by atoms with Crippen LogP contribution >= 0.6 is 0 Å². The fraction of sp³-hybridized carbons (Fsp3) is 0.692. The van der Waals surface area contributed by atoms with E-state index in [-0.39, 0.29) is 17.3 Å². The molecule has 0 radical (unpaired) electrons. The minimum atomic E-state index is -0.482. The molecule has 5 aliphatic carbocycles. The second-order valence-electron chi connectivity index (χ2n) is 10.3. The van der Waals surface area contributed by atoms with Gasteiger partial charge in [0.05, 0.1) is 6.61 Å². The molecule has 2 fully saturated rings. The molecule has 2 saturated carbocycles. The Balaban J connectivity index is 1.28. The molecular formula is C26H34O4. The summed E-state index contributed by atoms with van der Waals surface area (Å²) in [4.78, 5) is 24.3. The highest BCUT2D eigenvalue weighted by Crippen LogP contribution is 2.58. The zero-order valence-corrected chi connectivity index (χ0v) is 18.2.